The highest BCUT2D eigenvalue weighted by atomic mass is 16.2. The lowest BCUT2D eigenvalue weighted by Crippen LogP contribution is -2.54. The minimum atomic E-state index is -0.151. The highest BCUT2D eigenvalue weighted by Gasteiger charge is 2.26. The van der Waals surface area contributed by atoms with Crippen LogP contribution in [-0.4, -0.2) is 54.6 Å². The third-order valence-electron chi connectivity index (χ3n) is 2.90. The Morgan fingerprint density at radius 1 is 1.38 bits per heavy atom. The van der Waals surface area contributed by atoms with E-state index < -0.39 is 0 Å². The van der Waals surface area contributed by atoms with E-state index in [9.17, 15) is 4.79 Å². The molecule has 1 N–H and O–H groups in total. The van der Waals surface area contributed by atoms with Crippen LogP contribution in [0.4, 0.5) is 4.79 Å². The van der Waals surface area contributed by atoms with Crippen LogP contribution in [0.1, 0.15) is 33.6 Å². The fraction of sp³-hybridized carbons (Fsp3) is 0.917. The van der Waals surface area contributed by atoms with Gasteiger partial charge in [-0.2, -0.15) is 0 Å². The molecule has 0 bridgehead atoms. The van der Waals surface area contributed by atoms with Gasteiger partial charge >= 0.3 is 6.03 Å². The quantitative estimate of drug-likeness (QED) is 0.737. The zero-order valence-corrected chi connectivity index (χ0v) is 11.2. The molecule has 0 aromatic carbocycles. The molecule has 2 amide bonds. The fourth-order valence-corrected chi connectivity index (χ4v) is 1.96. The first kappa shape index (κ1) is 13.3. The molecule has 1 heterocycles. The van der Waals surface area contributed by atoms with Crippen molar-refractivity contribution in [1.82, 2.24) is 15.1 Å². The van der Waals surface area contributed by atoms with Crippen LogP contribution in [0.3, 0.4) is 0 Å². The number of hydrogen-bond donors (Lipinski definition) is 1. The Hall–Kier alpha value is -0.770. The maximum absolute atomic E-state index is 12.0. The van der Waals surface area contributed by atoms with E-state index in [2.05, 4.69) is 24.3 Å². The van der Waals surface area contributed by atoms with E-state index in [1.807, 2.05) is 25.7 Å². The summed E-state index contributed by atoms with van der Waals surface area (Å²) >= 11 is 0. The average molecular weight is 227 g/mol. The van der Waals surface area contributed by atoms with Gasteiger partial charge in [0.2, 0.25) is 0 Å². The van der Waals surface area contributed by atoms with Gasteiger partial charge in [-0.1, -0.05) is 0 Å². The van der Waals surface area contributed by atoms with Crippen LogP contribution in [0.25, 0.3) is 0 Å². The lowest BCUT2D eigenvalue weighted by molar-refractivity contribution is 0.135. The molecule has 1 aliphatic rings. The second-order valence-corrected chi connectivity index (χ2v) is 5.89. The van der Waals surface area contributed by atoms with Crippen LogP contribution in [0.2, 0.25) is 0 Å². The van der Waals surface area contributed by atoms with Gasteiger partial charge in [0.25, 0.3) is 0 Å². The van der Waals surface area contributed by atoms with Gasteiger partial charge in [-0.3, -0.25) is 0 Å². The second-order valence-electron chi connectivity index (χ2n) is 5.89. The lowest BCUT2D eigenvalue weighted by Gasteiger charge is -2.37. The summed E-state index contributed by atoms with van der Waals surface area (Å²) in [5, 5.41) is 3.02. The molecule has 1 unspecified atom stereocenters. The zero-order valence-electron chi connectivity index (χ0n) is 11.2. The molecule has 0 aliphatic carbocycles. The van der Waals surface area contributed by atoms with Crippen LogP contribution < -0.4 is 5.32 Å². The van der Waals surface area contributed by atoms with Crippen molar-refractivity contribution >= 4 is 6.03 Å². The van der Waals surface area contributed by atoms with Crippen molar-refractivity contribution in [2.75, 3.05) is 27.2 Å². The minimum Gasteiger partial charge on any atom is -0.333 e. The van der Waals surface area contributed by atoms with Gasteiger partial charge in [0.1, 0.15) is 0 Å². The Bertz CT molecular complexity index is 245. The van der Waals surface area contributed by atoms with E-state index >= 15 is 0 Å². The molecule has 94 valence electrons. The number of carbonyl (C=O) groups excluding carboxylic acids is 1. The summed E-state index contributed by atoms with van der Waals surface area (Å²) in [5.74, 6) is 0. The molecular formula is C12H25N3O. The Kier molecular flexibility index (Phi) is 4.19. The summed E-state index contributed by atoms with van der Waals surface area (Å²) in [6.07, 6.45) is 2.28. The van der Waals surface area contributed by atoms with Crippen LogP contribution >= 0.6 is 0 Å². The first-order chi connectivity index (χ1) is 7.29. The standard InChI is InChI=1S/C12H25N3O/c1-12(2,3)13-11(16)15-8-6-7-10(9-15)14(4)5/h10H,6-9H2,1-5H3,(H,13,16). The molecule has 4 heteroatoms. The molecule has 0 aromatic rings. The molecule has 0 spiro atoms. The van der Waals surface area contributed by atoms with Crippen LogP contribution in [0.5, 0.6) is 0 Å². The Morgan fingerprint density at radius 3 is 2.50 bits per heavy atom. The number of nitrogens with zero attached hydrogens (tertiary/aromatic N) is 2. The molecular weight excluding hydrogens is 202 g/mol. The SMILES string of the molecule is CN(C)C1CCCN(C(=O)NC(C)(C)C)C1. The summed E-state index contributed by atoms with van der Waals surface area (Å²) in [6.45, 7) is 7.76. The molecule has 1 aliphatic heterocycles. The van der Waals surface area contributed by atoms with E-state index in [-0.39, 0.29) is 11.6 Å². The van der Waals surface area contributed by atoms with Crippen molar-refractivity contribution in [3.63, 3.8) is 0 Å². The summed E-state index contributed by atoms with van der Waals surface area (Å²) in [5.41, 5.74) is -0.151. The van der Waals surface area contributed by atoms with Gasteiger partial charge in [-0.05, 0) is 47.7 Å². The van der Waals surface area contributed by atoms with Gasteiger partial charge in [0.05, 0.1) is 0 Å². The predicted octanol–water partition coefficient (Wildman–Crippen LogP) is 1.52. The molecule has 1 atom stereocenters. The lowest BCUT2D eigenvalue weighted by atomic mass is 10.0. The molecule has 4 nitrogen and oxygen atoms in total. The summed E-state index contributed by atoms with van der Waals surface area (Å²) in [4.78, 5) is 16.1. The minimum absolute atomic E-state index is 0.0686. The number of urea groups is 1. The third kappa shape index (κ3) is 4.00. The second kappa shape index (κ2) is 5.04. The van der Waals surface area contributed by atoms with Crippen molar-refractivity contribution in [2.45, 2.75) is 45.2 Å². The molecule has 1 saturated heterocycles. The molecule has 1 rings (SSSR count). The van der Waals surface area contributed by atoms with Crippen molar-refractivity contribution in [2.24, 2.45) is 0 Å². The zero-order chi connectivity index (χ0) is 12.3. The van der Waals surface area contributed by atoms with Crippen LogP contribution in [-0.2, 0) is 0 Å². The number of rotatable bonds is 1. The number of carbonyl (C=O) groups is 1. The fourth-order valence-electron chi connectivity index (χ4n) is 1.96. The molecule has 1 fully saturated rings. The maximum atomic E-state index is 12.0. The number of nitrogens with one attached hydrogen (secondary N) is 1. The number of likely N-dealkylation sites (tertiary alicyclic amines) is 1. The molecule has 0 aromatic heterocycles. The van der Waals surface area contributed by atoms with Crippen LogP contribution in [0.15, 0.2) is 0 Å². The van der Waals surface area contributed by atoms with Crippen molar-refractivity contribution in [1.29, 1.82) is 0 Å². The highest BCUT2D eigenvalue weighted by Crippen LogP contribution is 2.14. The van der Waals surface area contributed by atoms with Crippen molar-refractivity contribution in [3.8, 4) is 0 Å². The number of hydrogen-bond acceptors (Lipinski definition) is 2. The maximum Gasteiger partial charge on any atom is 0.317 e. The largest absolute Gasteiger partial charge is 0.333 e. The monoisotopic (exact) mass is 227 g/mol. The van der Waals surface area contributed by atoms with E-state index in [1.54, 1.807) is 0 Å². The number of amides is 2. The first-order valence-corrected chi connectivity index (χ1v) is 6.03. The van der Waals surface area contributed by atoms with Crippen molar-refractivity contribution < 1.29 is 4.79 Å². The molecule has 0 radical (unpaired) electrons. The van der Waals surface area contributed by atoms with Gasteiger partial charge in [-0.15, -0.1) is 0 Å². The number of piperidine rings is 1. The van der Waals surface area contributed by atoms with E-state index in [1.165, 1.54) is 6.42 Å². The topological polar surface area (TPSA) is 35.6 Å². The highest BCUT2D eigenvalue weighted by molar-refractivity contribution is 5.75. The van der Waals surface area contributed by atoms with Crippen LogP contribution in [0, 0.1) is 0 Å². The van der Waals surface area contributed by atoms with Gasteiger partial charge < -0.3 is 15.1 Å². The summed E-state index contributed by atoms with van der Waals surface area (Å²) in [7, 11) is 4.16. The average Bonchev–Trinajstić information content (AvgIpc) is 2.15. The van der Waals surface area contributed by atoms with Crippen molar-refractivity contribution in [3.05, 3.63) is 0 Å². The number of likely N-dealkylation sites (N-methyl/N-ethyl adjacent to an activating group) is 1. The summed E-state index contributed by atoms with van der Waals surface area (Å²) < 4.78 is 0. The Morgan fingerprint density at radius 2 is 2.00 bits per heavy atom. The summed E-state index contributed by atoms with van der Waals surface area (Å²) in [6, 6.07) is 0.568. The molecule has 16 heavy (non-hydrogen) atoms. The van der Waals surface area contributed by atoms with Gasteiger partial charge in [-0.25, -0.2) is 4.79 Å². The predicted molar refractivity (Wildman–Crippen MR) is 66.6 cm³/mol. The Labute approximate surface area is 99.0 Å². The Balaban J connectivity index is 2.50. The van der Waals surface area contributed by atoms with E-state index in [0.29, 0.717) is 6.04 Å². The van der Waals surface area contributed by atoms with E-state index in [4.69, 9.17) is 0 Å². The van der Waals surface area contributed by atoms with Gasteiger partial charge in [0.15, 0.2) is 0 Å². The third-order valence-corrected chi connectivity index (χ3v) is 2.90. The van der Waals surface area contributed by atoms with Gasteiger partial charge in [0, 0.05) is 24.7 Å². The normalized spacial score (nSPS) is 22.4. The first-order valence-electron chi connectivity index (χ1n) is 6.03. The molecule has 0 saturated carbocycles. The van der Waals surface area contributed by atoms with E-state index in [0.717, 1.165) is 19.5 Å². The smallest absolute Gasteiger partial charge is 0.317 e.